The van der Waals surface area contributed by atoms with Crippen molar-refractivity contribution in [3.8, 4) is 0 Å². The third-order valence-corrected chi connectivity index (χ3v) is 4.82. The molecule has 0 heterocycles. The lowest BCUT2D eigenvalue weighted by Gasteiger charge is -2.32. The van der Waals surface area contributed by atoms with E-state index in [1.54, 1.807) is 12.1 Å². The van der Waals surface area contributed by atoms with Gasteiger partial charge in [-0.1, -0.05) is 44.2 Å². The van der Waals surface area contributed by atoms with E-state index in [-0.39, 0.29) is 0 Å². The molecule has 0 saturated heterocycles. The average molecular weight is 419 g/mol. The van der Waals surface area contributed by atoms with E-state index in [1.165, 1.54) is 12.1 Å². The van der Waals surface area contributed by atoms with Crippen LogP contribution in [0.15, 0.2) is 24.3 Å². The quantitative estimate of drug-likeness (QED) is 0.211. The van der Waals surface area contributed by atoms with Crippen molar-refractivity contribution in [1.29, 1.82) is 0 Å². The van der Waals surface area contributed by atoms with Gasteiger partial charge in [0.1, 0.15) is 0 Å². The van der Waals surface area contributed by atoms with Crippen molar-refractivity contribution < 1.29 is 27.4 Å². The topological polar surface area (TPSA) is 27.7 Å². The van der Waals surface area contributed by atoms with Gasteiger partial charge in [-0.15, -0.1) is 0 Å². The molecule has 6 heteroatoms. The summed E-state index contributed by atoms with van der Waals surface area (Å²) >= 11 is 0. The predicted molar refractivity (Wildman–Crippen MR) is 110 cm³/mol. The number of halogens is 3. The van der Waals surface area contributed by atoms with Crippen LogP contribution >= 0.6 is 0 Å². The Balaban J connectivity index is 2.14. The molecule has 0 aliphatic heterocycles. The Morgan fingerprint density at radius 3 is 1.55 bits per heavy atom. The van der Waals surface area contributed by atoms with Gasteiger partial charge in [-0.05, 0) is 57.7 Å². The van der Waals surface area contributed by atoms with Gasteiger partial charge in [0.25, 0.3) is 5.97 Å². The van der Waals surface area contributed by atoms with Gasteiger partial charge in [0.05, 0.1) is 5.56 Å². The number of ether oxygens (including phenoxy) is 3. The number of alkyl halides is 3. The molecule has 0 N–H and O–H groups in total. The second-order valence-electron chi connectivity index (χ2n) is 7.15. The van der Waals surface area contributed by atoms with Crippen molar-refractivity contribution in [2.75, 3.05) is 19.8 Å². The summed E-state index contributed by atoms with van der Waals surface area (Å²) in [6, 6.07) is 5.51. The van der Waals surface area contributed by atoms with E-state index in [2.05, 4.69) is 0 Å². The molecule has 3 nitrogen and oxygen atoms in total. The monoisotopic (exact) mass is 418 g/mol. The third kappa shape index (κ3) is 10.5. The minimum atomic E-state index is -4.26. The van der Waals surface area contributed by atoms with Crippen LogP contribution in [0.3, 0.4) is 0 Å². The van der Waals surface area contributed by atoms with Crippen LogP contribution in [0.4, 0.5) is 13.2 Å². The van der Waals surface area contributed by atoms with Crippen molar-refractivity contribution >= 4 is 0 Å². The highest BCUT2D eigenvalue weighted by Gasteiger charge is 2.31. The van der Waals surface area contributed by atoms with E-state index in [1.807, 2.05) is 20.8 Å². The minimum absolute atomic E-state index is 0.554. The maximum atomic E-state index is 12.6. The molecule has 0 fully saturated rings. The molecule has 29 heavy (non-hydrogen) atoms. The van der Waals surface area contributed by atoms with Crippen molar-refractivity contribution in [2.45, 2.75) is 90.7 Å². The Morgan fingerprint density at radius 1 is 0.655 bits per heavy atom. The standard InChI is InChI=1S/C23H37F3O3/c1-4-27-22(28-5-2,29-6-3)19-13-11-9-7-8-10-12-14-20-15-17-21(18-16-20)23(24,25)26/h15-18H,4-14,19H2,1-3H3. The maximum Gasteiger partial charge on any atom is 0.416 e. The molecule has 0 aromatic heterocycles. The molecule has 0 atom stereocenters. The molecule has 0 unspecified atom stereocenters. The molecule has 0 saturated carbocycles. The van der Waals surface area contributed by atoms with Gasteiger partial charge in [0, 0.05) is 26.2 Å². The van der Waals surface area contributed by atoms with E-state index in [0.717, 1.165) is 63.4 Å². The van der Waals surface area contributed by atoms with Crippen molar-refractivity contribution in [3.05, 3.63) is 35.4 Å². The van der Waals surface area contributed by atoms with Crippen LogP contribution in [0.25, 0.3) is 0 Å². The molecule has 0 amide bonds. The molecule has 0 spiro atoms. The van der Waals surface area contributed by atoms with Gasteiger partial charge in [0.15, 0.2) is 0 Å². The normalized spacial score (nSPS) is 12.5. The van der Waals surface area contributed by atoms with Crippen LogP contribution in [0.5, 0.6) is 0 Å². The summed E-state index contributed by atoms with van der Waals surface area (Å²) < 4.78 is 54.9. The number of benzene rings is 1. The zero-order chi connectivity index (χ0) is 21.6. The second kappa shape index (κ2) is 14.0. The third-order valence-electron chi connectivity index (χ3n) is 4.82. The van der Waals surface area contributed by atoms with Crippen LogP contribution in [-0.4, -0.2) is 25.8 Å². The van der Waals surface area contributed by atoms with Crippen LogP contribution in [-0.2, 0) is 26.8 Å². The fraction of sp³-hybridized carbons (Fsp3) is 0.739. The van der Waals surface area contributed by atoms with Crippen LogP contribution in [0, 0.1) is 0 Å². The second-order valence-corrected chi connectivity index (χ2v) is 7.15. The molecule has 168 valence electrons. The Hall–Kier alpha value is -1.11. The van der Waals surface area contributed by atoms with Gasteiger partial charge < -0.3 is 14.2 Å². The lowest BCUT2D eigenvalue weighted by molar-refractivity contribution is -0.380. The van der Waals surface area contributed by atoms with E-state index in [0.29, 0.717) is 19.8 Å². The highest BCUT2D eigenvalue weighted by atomic mass is 19.4. The van der Waals surface area contributed by atoms with Crippen LogP contribution < -0.4 is 0 Å². The first-order chi connectivity index (χ1) is 13.9. The molecule has 0 bridgehead atoms. The maximum absolute atomic E-state index is 12.6. The van der Waals surface area contributed by atoms with E-state index >= 15 is 0 Å². The summed E-state index contributed by atoms with van der Waals surface area (Å²) in [4.78, 5) is 0. The van der Waals surface area contributed by atoms with Crippen molar-refractivity contribution in [1.82, 2.24) is 0 Å². The van der Waals surface area contributed by atoms with E-state index in [9.17, 15) is 13.2 Å². The Kier molecular flexibility index (Phi) is 12.5. The van der Waals surface area contributed by atoms with Gasteiger partial charge in [0.2, 0.25) is 0 Å². The van der Waals surface area contributed by atoms with Crippen LogP contribution in [0.1, 0.15) is 83.3 Å². The molecular weight excluding hydrogens is 381 g/mol. The van der Waals surface area contributed by atoms with Gasteiger partial charge >= 0.3 is 6.18 Å². The Labute approximate surface area is 173 Å². The fourth-order valence-electron chi connectivity index (χ4n) is 3.42. The first kappa shape index (κ1) is 25.9. The molecule has 1 aromatic rings. The molecule has 1 aromatic carbocycles. The van der Waals surface area contributed by atoms with E-state index in [4.69, 9.17) is 14.2 Å². The van der Waals surface area contributed by atoms with Gasteiger partial charge in [-0.25, -0.2) is 0 Å². The average Bonchev–Trinajstić information content (AvgIpc) is 2.67. The first-order valence-corrected chi connectivity index (χ1v) is 10.9. The van der Waals surface area contributed by atoms with Crippen LogP contribution in [0.2, 0.25) is 0 Å². The number of rotatable bonds is 16. The summed E-state index contributed by atoms with van der Waals surface area (Å²) in [5, 5.41) is 0. The predicted octanol–water partition coefficient (Wildman–Crippen LogP) is 7.13. The largest absolute Gasteiger partial charge is 0.416 e. The van der Waals surface area contributed by atoms with Gasteiger partial charge in [-0.2, -0.15) is 13.2 Å². The highest BCUT2D eigenvalue weighted by molar-refractivity contribution is 5.24. The van der Waals surface area contributed by atoms with Crippen molar-refractivity contribution in [3.63, 3.8) is 0 Å². The summed E-state index contributed by atoms with van der Waals surface area (Å²) in [5.41, 5.74) is 0.389. The van der Waals surface area contributed by atoms with Gasteiger partial charge in [-0.3, -0.25) is 0 Å². The summed E-state index contributed by atoms with van der Waals surface area (Å²) in [6.07, 6.45) is 4.97. The number of aryl methyl sites for hydroxylation is 1. The lowest BCUT2D eigenvalue weighted by atomic mass is 10.0. The molecule has 0 radical (unpaired) electrons. The molecule has 1 rings (SSSR count). The van der Waals surface area contributed by atoms with E-state index < -0.39 is 17.7 Å². The molecule has 0 aliphatic carbocycles. The zero-order valence-electron chi connectivity index (χ0n) is 18.2. The summed E-state index contributed by atoms with van der Waals surface area (Å²) in [6.45, 7) is 7.49. The molecule has 0 aliphatic rings. The Bertz CT molecular complexity index is 512. The summed E-state index contributed by atoms with van der Waals surface area (Å²) in [5.74, 6) is -0.903. The number of unbranched alkanes of at least 4 members (excludes halogenated alkanes) is 6. The minimum Gasteiger partial charge on any atom is -0.328 e. The number of hydrogen-bond donors (Lipinski definition) is 0. The zero-order valence-corrected chi connectivity index (χ0v) is 18.2. The highest BCUT2D eigenvalue weighted by Crippen LogP contribution is 2.29. The first-order valence-electron chi connectivity index (χ1n) is 10.9. The molecular formula is C23H37F3O3. The SMILES string of the molecule is CCOC(CCCCCCCCCc1ccc(C(F)(F)F)cc1)(OCC)OCC. The lowest BCUT2D eigenvalue weighted by Crippen LogP contribution is -2.39. The Morgan fingerprint density at radius 2 is 1.10 bits per heavy atom. The summed E-state index contributed by atoms with van der Waals surface area (Å²) in [7, 11) is 0. The smallest absolute Gasteiger partial charge is 0.328 e. The number of hydrogen-bond acceptors (Lipinski definition) is 3. The van der Waals surface area contributed by atoms with Crippen molar-refractivity contribution in [2.24, 2.45) is 0 Å². The fourth-order valence-corrected chi connectivity index (χ4v) is 3.42.